The van der Waals surface area contributed by atoms with Crippen molar-refractivity contribution in [1.29, 1.82) is 0 Å². The Morgan fingerprint density at radius 1 is 0.677 bits per heavy atom. The van der Waals surface area contributed by atoms with Gasteiger partial charge >= 0.3 is 0 Å². The first-order valence-electron chi connectivity index (χ1n) is 11.1. The van der Waals surface area contributed by atoms with Gasteiger partial charge in [0.2, 0.25) is 0 Å². The van der Waals surface area contributed by atoms with E-state index in [9.17, 15) is 0 Å². The first kappa shape index (κ1) is 23.4. The summed E-state index contributed by atoms with van der Waals surface area (Å²) >= 11 is 0. The smallest absolute Gasteiger partial charge is 0.0701 e. The van der Waals surface area contributed by atoms with Crippen molar-refractivity contribution in [3.8, 4) is 11.1 Å². The summed E-state index contributed by atoms with van der Waals surface area (Å²) in [7, 11) is 0. The van der Waals surface area contributed by atoms with Gasteiger partial charge in [-0.15, -0.1) is 0 Å². The molecule has 31 heavy (non-hydrogen) atoms. The van der Waals surface area contributed by atoms with Gasteiger partial charge in [0.25, 0.3) is 0 Å². The Hall–Kier alpha value is -2.24. The number of ether oxygens (including phenoxy) is 4. The Labute approximate surface area is 186 Å². The van der Waals surface area contributed by atoms with E-state index in [1.807, 2.05) is 26.0 Å². The summed E-state index contributed by atoms with van der Waals surface area (Å²) in [6, 6.07) is 13.0. The summed E-state index contributed by atoms with van der Waals surface area (Å²) in [5.41, 5.74) is 6.63. The van der Waals surface area contributed by atoms with Crippen LogP contribution < -0.4 is 0 Å². The van der Waals surface area contributed by atoms with Gasteiger partial charge in [-0.05, 0) is 47.2 Å². The summed E-state index contributed by atoms with van der Waals surface area (Å²) in [4.78, 5) is 0. The van der Waals surface area contributed by atoms with E-state index in [0.29, 0.717) is 52.9 Å². The molecule has 0 saturated heterocycles. The molecule has 2 aromatic carbocycles. The summed E-state index contributed by atoms with van der Waals surface area (Å²) in [6.45, 7) is 16.5. The highest BCUT2D eigenvalue weighted by atomic mass is 16.5. The number of rotatable bonds is 14. The molecule has 1 aliphatic carbocycles. The minimum Gasteiger partial charge on any atom is -0.379 e. The Bertz CT molecular complexity index is 813. The van der Waals surface area contributed by atoms with Crippen molar-refractivity contribution in [2.24, 2.45) is 0 Å². The molecule has 0 fully saturated rings. The number of hydrogen-bond acceptors (Lipinski definition) is 4. The lowest BCUT2D eigenvalue weighted by atomic mass is 9.78. The molecule has 3 rings (SSSR count). The third-order valence-corrected chi connectivity index (χ3v) is 5.73. The Balaban J connectivity index is 2.00. The van der Waals surface area contributed by atoms with Crippen molar-refractivity contribution in [1.82, 2.24) is 0 Å². The predicted molar refractivity (Wildman–Crippen MR) is 127 cm³/mol. The zero-order chi connectivity index (χ0) is 22.1. The van der Waals surface area contributed by atoms with Crippen LogP contribution in [0.3, 0.4) is 0 Å². The van der Waals surface area contributed by atoms with E-state index in [-0.39, 0.29) is 0 Å². The van der Waals surface area contributed by atoms with Crippen molar-refractivity contribution in [3.63, 3.8) is 0 Å². The zero-order valence-electron chi connectivity index (χ0n) is 18.8. The molecular weight excluding hydrogens is 388 g/mol. The molecule has 0 N–H and O–H groups in total. The third kappa shape index (κ3) is 5.16. The lowest BCUT2D eigenvalue weighted by Crippen LogP contribution is -2.37. The van der Waals surface area contributed by atoms with E-state index in [1.165, 1.54) is 22.3 Å². The maximum atomic E-state index is 6.17. The molecule has 0 heterocycles. The number of hydrogen-bond donors (Lipinski definition) is 0. The molecule has 1 aliphatic rings. The van der Waals surface area contributed by atoms with Crippen LogP contribution in [0.4, 0.5) is 0 Å². The van der Waals surface area contributed by atoms with Crippen molar-refractivity contribution in [2.75, 3.05) is 52.9 Å². The Morgan fingerprint density at radius 2 is 1.10 bits per heavy atom. The normalized spacial score (nSPS) is 13.6. The van der Waals surface area contributed by atoms with E-state index in [2.05, 4.69) is 49.6 Å². The van der Waals surface area contributed by atoms with Gasteiger partial charge in [-0.2, -0.15) is 0 Å². The largest absolute Gasteiger partial charge is 0.379 e. The van der Waals surface area contributed by atoms with Crippen molar-refractivity contribution < 1.29 is 18.9 Å². The molecule has 0 spiro atoms. The second-order valence-corrected chi connectivity index (χ2v) is 7.60. The molecule has 0 unspecified atom stereocenters. The predicted octanol–water partition coefficient (Wildman–Crippen LogP) is 5.35. The van der Waals surface area contributed by atoms with E-state index in [4.69, 9.17) is 18.9 Å². The molecule has 0 bridgehead atoms. The SMILES string of the molecule is C=Cc1ccc2c(c1)C(COCCOCC)(COCCOCC)c1cc(C=C)ccc1-2. The second kappa shape index (κ2) is 11.4. The molecule has 4 heteroatoms. The van der Waals surface area contributed by atoms with Gasteiger partial charge in [0.15, 0.2) is 0 Å². The maximum Gasteiger partial charge on any atom is 0.0701 e. The van der Waals surface area contributed by atoms with E-state index in [0.717, 1.165) is 11.1 Å². The lowest BCUT2D eigenvalue weighted by molar-refractivity contribution is -0.00305. The highest BCUT2D eigenvalue weighted by molar-refractivity contribution is 5.83. The molecule has 0 radical (unpaired) electrons. The van der Waals surface area contributed by atoms with Crippen molar-refractivity contribution >= 4 is 12.2 Å². The molecule has 166 valence electrons. The summed E-state index contributed by atoms with van der Waals surface area (Å²) in [5, 5.41) is 0. The fourth-order valence-corrected chi connectivity index (χ4v) is 4.15. The van der Waals surface area contributed by atoms with Crippen LogP contribution in [0.2, 0.25) is 0 Å². The topological polar surface area (TPSA) is 36.9 Å². The zero-order valence-corrected chi connectivity index (χ0v) is 18.8. The molecule has 0 aliphatic heterocycles. The maximum absolute atomic E-state index is 6.17. The minimum atomic E-state index is -0.416. The van der Waals surface area contributed by atoms with Crippen LogP contribution in [-0.4, -0.2) is 52.9 Å². The highest BCUT2D eigenvalue weighted by Gasteiger charge is 2.44. The monoisotopic (exact) mass is 422 g/mol. The van der Waals surface area contributed by atoms with Crippen LogP contribution in [0.1, 0.15) is 36.1 Å². The molecule has 0 saturated carbocycles. The van der Waals surface area contributed by atoms with Crippen LogP contribution >= 0.6 is 0 Å². The van der Waals surface area contributed by atoms with Gasteiger partial charge in [0, 0.05) is 13.2 Å². The van der Waals surface area contributed by atoms with E-state index in [1.54, 1.807) is 0 Å². The fraction of sp³-hybridized carbons (Fsp3) is 0.407. The average molecular weight is 423 g/mol. The highest BCUT2D eigenvalue weighted by Crippen LogP contribution is 2.50. The standard InChI is InChI=1S/C27H34O4/c1-5-21-9-11-23-24-12-10-22(6-2)18-26(24)27(25(23)17-21,19-30-15-13-28-7-3)20-31-16-14-29-8-4/h5-6,9-12,17-18H,1-2,7-8,13-16,19-20H2,3-4H3. The van der Waals surface area contributed by atoms with Crippen molar-refractivity contribution in [3.05, 3.63) is 71.8 Å². The van der Waals surface area contributed by atoms with Crippen molar-refractivity contribution in [2.45, 2.75) is 19.3 Å². The Kier molecular flexibility index (Phi) is 8.61. The van der Waals surface area contributed by atoms with Gasteiger partial charge in [-0.1, -0.05) is 61.7 Å². The lowest BCUT2D eigenvalue weighted by Gasteiger charge is -2.32. The average Bonchev–Trinajstić information content (AvgIpc) is 3.07. The molecule has 4 nitrogen and oxygen atoms in total. The van der Waals surface area contributed by atoms with Gasteiger partial charge in [0.05, 0.1) is 45.1 Å². The first-order valence-corrected chi connectivity index (χ1v) is 11.1. The molecular formula is C27H34O4. The number of fused-ring (bicyclic) bond motifs is 3. The second-order valence-electron chi connectivity index (χ2n) is 7.60. The van der Waals surface area contributed by atoms with E-state index >= 15 is 0 Å². The summed E-state index contributed by atoms with van der Waals surface area (Å²) < 4.78 is 23.3. The van der Waals surface area contributed by atoms with Crippen LogP contribution in [0.15, 0.2) is 49.6 Å². The first-order chi connectivity index (χ1) is 15.2. The summed E-state index contributed by atoms with van der Waals surface area (Å²) in [6.07, 6.45) is 3.77. The molecule has 0 amide bonds. The van der Waals surface area contributed by atoms with Gasteiger partial charge in [-0.25, -0.2) is 0 Å². The van der Waals surface area contributed by atoms with Crippen LogP contribution in [-0.2, 0) is 24.4 Å². The number of benzene rings is 2. The van der Waals surface area contributed by atoms with E-state index < -0.39 is 5.41 Å². The van der Waals surface area contributed by atoms with Gasteiger partial charge < -0.3 is 18.9 Å². The fourth-order valence-electron chi connectivity index (χ4n) is 4.15. The quantitative estimate of drug-likeness (QED) is 0.385. The van der Waals surface area contributed by atoms with Gasteiger partial charge in [-0.3, -0.25) is 0 Å². The molecule has 0 atom stereocenters. The molecule has 2 aromatic rings. The van der Waals surface area contributed by atoms with Gasteiger partial charge in [0.1, 0.15) is 0 Å². The van der Waals surface area contributed by atoms with Crippen LogP contribution in [0.5, 0.6) is 0 Å². The summed E-state index contributed by atoms with van der Waals surface area (Å²) in [5.74, 6) is 0. The van der Waals surface area contributed by atoms with Crippen LogP contribution in [0, 0.1) is 0 Å². The Morgan fingerprint density at radius 3 is 1.48 bits per heavy atom. The third-order valence-electron chi connectivity index (χ3n) is 5.73. The van der Waals surface area contributed by atoms with Crippen LogP contribution in [0.25, 0.3) is 23.3 Å². The molecule has 0 aromatic heterocycles. The minimum absolute atomic E-state index is 0.416.